The highest BCUT2D eigenvalue weighted by atomic mass is 16.7. The fourth-order valence-corrected chi connectivity index (χ4v) is 4.93. The van der Waals surface area contributed by atoms with Crippen LogP contribution in [-0.2, 0) is 19.0 Å². The van der Waals surface area contributed by atoms with Crippen LogP contribution in [0.25, 0.3) is 10.9 Å². The van der Waals surface area contributed by atoms with Crippen LogP contribution < -0.4 is 0 Å². The summed E-state index contributed by atoms with van der Waals surface area (Å²) in [6.07, 6.45) is 6.97. The zero-order valence-electron chi connectivity index (χ0n) is 22.5. The van der Waals surface area contributed by atoms with Crippen LogP contribution in [0.2, 0.25) is 0 Å². The Morgan fingerprint density at radius 2 is 1.74 bits per heavy atom. The highest BCUT2D eigenvalue weighted by molar-refractivity contribution is 6.04. The molecule has 0 spiro atoms. The van der Waals surface area contributed by atoms with Gasteiger partial charge >= 0.3 is 11.9 Å². The Bertz CT molecular complexity index is 1010. The molecule has 1 saturated heterocycles. The van der Waals surface area contributed by atoms with E-state index in [0.29, 0.717) is 12.0 Å². The van der Waals surface area contributed by atoms with Crippen molar-refractivity contribution >= 4 is 22.8 Å². The molecule has 1 aromatic carbocycles. The number of aliphatic hydroxyl groups excluding tert-OH is 2. The predicted octanol–water partition coefficient (Wildman–Crippen LogP) is 4.94. The molecule has 0 radical (unpaired) electrons. The van der Waals surface area contributed by atoms with Gasteiger partial charge in [0.05, 0.1) is 30.3 Å². The van der Waals surface area contributed by atoms with Crippen molar-refractivity contribution < 1.29 is 39.1 Å². The molecule has 0 unspecified atom stereocenters. The molecule has 0 amide bonds. The highest BCUT2D eigenvalue weighted by Gasteiger charge is 2.38. The minimum atomic E-state index is -0.957. The van der Waals surface area contributed by atoms with Gasteiger partial charge in [-0.1, -0.05) is 63.1 Å². The first-order valence-corrected chi connectivity index (χ1v) is 13.9. The van der Waals surface area contributed by atoms with Gasteiger partial charge in [0.1, 0.15) is 12.2 Å². The zero-order chi connectivity index (χ0) is 27.5. The molecule has 2 heterocycles. The number of aliphatic hydroxyl groups is 2. The van der Waals surface area contributed by atoms with Gasteiger partial charge in [0.2, 0.25) is 0 Å². The molecule has 0 aliphatic carbocycles. The summed E-state index contributed by atoms with van der Waals surface area (Å²) in [4.78, 5) is 26.4. The van der Waals surface area contributed by atoms with Gasteiger partial charge in [-0.3, -0.25) is 4.79 Å². The Hall–Kier alpha value is -2.46. The number of carbonyl (C=O) groups is 2. The normalized spacial score (nSPS) is 23.3. The van der Waals surface area contributed by atoms with E-state index in [2.05, 4.69) is 4.98 Å². The van der Waals surface area contributed by atoms with E-state index in [1.807, 2.05) is 38.1 Å². The fourth-order valence-electron chi connectivity index (χ4n) is 4.93. The lowest BCUT2D eigenvalue weighted by molar-refractivity contribution is -0.273. The smallest absolute Gasteiger partial charge is 0.340 e. The number of aromatic nitrogens is 1. The molecule has 9 heteroatoms. The Kier molecular flexibility index (Phi) is 12.0. The molecule has 0 saturated carbocycles. The van der Waals surface area contributed by atoms with E-state index in [4.69, 9.17) is 19.3 Å². The zero-order valence-corrected chi connectivity index (χ0v) is 22.5. The van der Waals surface area contributed by atoms with Crippen molar-refractivity contribution in [2.75, 3.05) is 0 Å². The van der Waals surface area contributed by atoms with Crippen LogP contribution in [0.4, 0.5) is 0 Å². The summed E-state index contributed by atoms with van der Waals surface area (Å²) < 4.78 is 17.6. The number of carbonyl (C=O) groups excluding carboxylic acids is 1. The molecule has 1 aliphatic rings. The van der Waals surface area contributed by atoms with Crippen LogP contribution in [0.15, 0.2) is 30.5 Å². The Morgan fingerprint density at radius 1 is 1.08 bits per heavy atom. The van der Waals surface area contributed by atoms with Crippen molar-refractivity contribution in [2.45, 2.75) is 121 Å². The minimum absolute atomic E-state index is 0.0668. The molecule has 0 bridgehead atoms. The predicted molar refractivity (Wildman–Crippen MR) is 143 cm³/mol. The number of esters is 1. The molecule has 2 aromatic rings. The number of benzene rings is 1. The van der Waals surface area contributed by atoms with E-state index in [1.165, 1.54) is 0 Å². The Labute approximate surface area is 224 Å². The summed E-state index contributed by atoms with van der Waals surface area (Å²) in [6.45, 7) is 3.80. The number of aromatic amines is 1. The number of aliphatic carboxylic acids is 1. The lowest BCUT2D eigenvalue weighted by Gasteiger charge is -2.38. The lowest BCUT2D eigenvalue weighted by atomic mass is 10.0. The van der Waals surface area contributed by atoms with E-state index in [0.717, 1.165) is 62.3 Å². The van der Waals surface area contributed by atoms with E-state index >= 15 is 0 Å². The summed E-state index contributed by atoms with van der Waals surface area (Å²) in [6, 6.07) is 7.53. The molecule has 9 nitrogen and oxygen atoms in total. The van der Waals surface area contributed by atoms with Crippen LogP contribution in [-0.4, -0.2) is 69.1 Å². The quantitative estimate of drug-likeness (QED) is 0.176. The van der Waals surface area contributed by atoms with Gasteiger partial charge in [0.25, 0.3) is 0 Å². The van der Waals surface area contributed by atoms with Gasteiger partial charge in [-0.05, 0) is 32.8 Å². The van der Waals surface area contributed by atoms with Gasteiger partial charge in [0, 0.05) is 23.5 Å². The highest BCUT2D eigenvalue weighted by Crippen LogP contribution is 2.27. The van der Waals surface area contributed by atoms with Crippen molar-refractivity contribution in [3.05, 3.63) is 36.0 Å². The van der Waals surface area contributed by atoms with Gasteiger partial charge in [-0.25, -0.2) is 4.79 Å². The second-order valence-electron chi connectivity index (χ2n) is 10.5. The number of carboxylic acids is 1. The second-order valence-corrected chi connectivity index (χ2v) is 10.5. The molecule has 1 aromatic heterocycles. The Balaban J connectivity index is 1.28. The number of ether oxygens (including phenoxy) is 3. The van der Waals surface area contributed by atoms with Gasteiger partial charge in [-0.15, -0.1) is 0 Å². The summed E-state index contributed by atoms with van der Waals surface area (Å²) in [7, 11) is 0. The van der Waals surface area contributed by atoms with E-state index in [1.54, 1.807) is 6.20 Å². The van der Waals surface area contributed by atoms with Crippen LogP contribution >= 0.6 is 0 Å². The second kappa shape index (κ2) is 15.2. The number of H-pyrrole nitrogens is 1. The monoisotopic (exact) mass is 533 g/mol. The number of hydrogen-bond acceptors (Lipinski definition) is 7. The third-order valence-electron chi connectivity index (χ3n) is 7.15. The summed E-state index contributed by atoms with van der Waals surface area (Å²) in [5, 5.41) is 29.6. The summed E-state index contributed by atoms with van der Waals surface area (Å²) >= 11 is 0. The van der Waals surface area contributed by atoms with Crippen molar-refractivity contribution in [1.29, 1.82) is 0 Å². The van der Waals surface area contributed by atoms with Gasteiger partial charge in [0.15, 0.2) is 6.29 Å². The third kappa shape index (κ3) is 9.38. The van der Waals surface area contributed by atoms with E-state index < -0.39 is 42.6 Å². The van der Waals surface area contributed by atoms with Gasteiger partial charge in [-0.2, -0.15) is 0 Å². The molecule has 38 heavy (non-hydrogen) atoms. The molecule has 4 N–H and O–H groups in total. The molecule has 1 aliphatic heterocycles. The minimum Gasteiger partial charge on any atom is -0.481 e. The molecule has 6 atom stereocenters. The molecule has 212 valence electrons. The Morgan fingerprint density at radius 3 is 2.45 bits per heavy atom. The first-order valence-electron chi connectivity index (χ1n) is 13.9. The van der Waals surface area contributed by atoms with E-state index in [-0.39, 0.29) is 18.9 Å². The maximum atomic E-state index is 12.8. The standard InChI is InChI=1S/C29H43NO8/c1-19(12-8-6-4-3-5-7-9-13-21(31)16-27(33)34)36-29-25(32)17-26(20(2)37-29)38-28(35)23-18-30-24-15-11-10-14-22(23)24/h10-11,14-15,18-21,25-26,29-32H,3-9,12-13,16-17H2,1-2H3,(H,33,34)/t19-,20+,21-,25-,26-,29-/m1/s1. The number of rotatable bonds is 16. The first-order chi connectivity index (χ1) is 18.2. The number of unbranched alkanes of at least 4 members (excludes halogenated alkanes) is 6. The van der Waals surface area contributed by atoms with E-state index in [9.17, 15) is 19.8 Å². The lowest BCUT2D eigenvalue weighted by Crippen LogP contribution is -2.49. The van der Waals surface area contributed by atoms with Crippen LogP contribution in [0.5, 0.6) is 0 Å². The topological polar surface area (TPSA) is 138 Å². The largest absolute Gasteiger partial charge is 0.481 e. The fraction of sp³-hybridized carbons (Fsp3) is 0.655. The SMILES string of the molecule is C[C@H](CCCCCCCCC[C@@H](O)CC(=O)O)O[C@@H]1O[C@@H](C)[C@H](OC(=O)c2c[nH]c3ccccc23)C[C@H]1O. The summed E-state index contributed by atoms with van der Waals surface area (Å²) in [5.41, 5.74) is 1.32. The molecular weight excluding hydrogens is 490 g/mol. The number of fused-ring (bicyclic) bond motifs is 1. The third-order valence-corrected chi connectivity index (χ3v) is 7.15. The number of nitrogens with one attached hydrogen (secondary N) is 1. The maximum absolute atomic E-state index is 12.8. The van der Waals surface area contributed by atoms with Crippen LogP contribution in [0, 0.1) is 0 Å². The molecular formula is C29H43NO8. The average molecular weight is 534 g/mol. The van der Waals surface area contributed by atoms with Crippen LogP contribution in [0.1, 0.15) is 94.8 Å². The number of carboxylic acid groups (broad SMARTS) is 1. The van der Waals surface area contributed by atoms with Crippen molar-refractivity contribution in [3.8, 4) is 0 Å². The summed E-state index contributed by atoms with van der Waals surface area (Å²) in [5.74, 6) is -1.40. The number of hydrogen-bond donors (Lipinski definition) is 4. The molecule has 1 fully saturated rings. The van der Waals surface area contributed by atoms with Crippen molar-refractivity contribution in [1.82, 2.24) is 4.98 Å². The van der Waals surface area contributed by atoms with Crippen molar-refractivity contribution in [2.24, 2.45) is 0 Å². The van der Waals surface area contributed by atoms with Crippen LogP contribution in [0.3, 0.4) is 0 Å². The van der Waals surface area contributed by atoms with Crippen molar-refractivity contribution in [3.63, 3.8) is 0 Å². The molecule has 3 rings (SSSR count). The maximum Gasteiger partial charge on any atom is 0.340 e. The average Bonchev–Trinajstić information content (AvgIpc) is 3.30. The number of para-hydroxylation sites is 1. The first kappa shape index (κ1) is 30.1. The van der Waals surface area contributed by atoms with Gasteiger partial charge < -0.3 is 34.5 Å².